The quantitative estimate of drug-likeness (QED) is 0.435. The molecular formula is C12H16O2. The lowest BCUT2D eigenvalue weighted by Gasteiger charge is -2.17. The third kappa shape index (κ3) is 0.750. The van der Waals surface area contributed by atoms with Crippen molar-refractivity contribution in [2.75, 3.05) is 0 Å². The van der Waals surface area contributed by atoms with E-state index < -0.39 is 5.60 Å². The van der Waals surface area contributed by atoms with E-state index in [2.05, 4.69) is 19.9 Å². The van der Waals surface area contributed by atoms with E-state index in [-0.39, 0.29) is 5.60 Å². The zero-order valence-corrected chi connectivity index (χ0v) is 8.80. The fourth-order valence-electron chi connectivity index (χ4n) is 3.48. The monoisotopic (exact) mass is 192 g/mol. The van der Waals surface area contributed by atoms with Crippen LogP contribution in [0.5, 0.6) is 0 Å². The molecule has 0 N–H and O–H groups in total. The first-order valence-electron chi connectivity index (χ1n) is 5.50. The van der Waals surface area contributed by atoms with Crippen molar-refractivity contribution in [1.29, 1.82) is 0 Å². The molecule has 2 aliphatic carbocycles. The van der Waals surface area contributed by atoms with E-state index in [1.807, 2.05) is 0 Å². The lowest BCUT2D eigenvalue weighted by molar-refractivity contribution is -0.125. The molecule has 1 saturated carbocycles. The number of rotatable bonds is 0. The molecule has 0 aromatic heterocycles. The highest BCUT2D eigenvalue weighted by Crippen LogP contribution is 2.65. The summed E-state index contributed by atoms with van der Waals surface area (Å²) in [6.45, 7) is 4.25. The Morgan fingerprint density at radius 1 is 1.57 bits per heavy atom. The van der Waals surface area contributed by atoms with Gasteiger partial charge in [0.05, 0.1) is 0 Å². The maximum atomic E-state index is 12.1. The molecule has 3 aliphatic rings. The summed E-state index contributed by atoms with van der Waals surface area (Å²) in [6.07, 6.45) is 5.98. The van der Waals surface area contributed by atoms with E-state index in [9.17, 15) is 4.79 Å². The average molecular weight is 192 g/mol. The van der Waals surface area contributed by atoms with Crippen LogP contribution in [0.1, 0.15) is 39.5 Å². The normalized spacial score (nSPS) is 50.6. The van der Waals surface area contributed by atoms with Crippen LogP contribution in [0, 0.1) is 5.92 Å². The first-order chi connectivity index (χ1) is 6.60. The van der Waals surface area contributed by atoms with Gasteiger partial charge < -0.3 is 4.74 Å². The Kier molecular flexibility index (Phi) is 1.42. The predicted octanol–water partition coefficient (Wildman–Crippen LogP) is 2.23. The number of ketones is 1. The fourth-order valence-corrected chi connectivity index (χ4v) is 3.48. The van der Waals surface area contributed by atoms with Crippen molar-refractivity contribution < 1.29 is 9.53 Å². The zero-order chi connectivity index (χ0) is 9.97. The summed E-state index contributed by atoms with van der Waals surface area (Å²) < 4.78 is 5.80. The molecule has 0 aromatic carbocycles. The van der Waals surface area contributed by atoms with Crippen molar-refractivity contribution >= 4 is 5.78 Å². The Labute approximate surface area is 84.3 Å². The number of hydrogen-bond donors (Lipinski definition) is 0. The molecule has 0 aromatic rings. The van der Waals surface area contributed by atoms with Crippen molar-refractivity contribution in [3.63, 3.8) is 0 Å². The molecule has 0 radical (unpaired) electrons. The van der Waals surface area contributed by atoms with Crippen LogP contribution in [-0.2, 0) is 9.53 Å². The van der Waals surface area contributed by atoms with E-state index in [0.29, 0.717) is 18.1 Å². The summed E-state index contributed by atoms with van der Waals surface area (Å²) >= 11 is 0. The number of ether oxygens (including phenoxy) is 1. The van der Waals surface area contributed by atoms with Crippen molar-refractivity contribution in [2.45, 2.75) is 50.7 Å². The van der Waals surface area contributed by atoms with Gasteiger partial charge in [0.15, 0.2) is 11.4 Å². The van der Waals surface area contributed by atoms with Gasteiger partial charge in [-0.25, -0.2) is 0 Å². The van der Waals surface area contributed by atoms with Gasteiger partial charge in [0.1, 0.15) is 5.60 Å². The van der Waals surface area contributed by atoms with Gasteiger partial charge in [-0.3, -0.25) is 4.79 Å². The third-order valence-electron chi connectivity index (χ3n) is 4.33. The zero-order valence-electron chi connectivity index (χ0n) is 8.80. The van der Waals surface area contributed by atoms with Crippen molar-refractivity contribution in [1.82, 2.24) is 0 Å². The maximum absolute atomic E-state index is 12.1. The number of carbonyl (C=O) groups excluding carboxylic acids is 1. The molecule has 1 aliphatic heterocycles. The highest BCUT2D eigenvalue weighted by molar-refractivity contribution is 5.93. The van der Waals surface area contributed by atoms with Gasteiger partial charge in [-0.1, -0.05) is 11.6 Å². The van der Waals surface area contributed by atoms with Crippen LogP contribution < -0.4 is 0 Å². The molecule has 3 atom stereocenters. The van der Waals surface area contributed by atoms with E-state index in [4.69, 9.17) is 4.74 Å². The number of epoxide rings is 1. The van der Waals surface area contributed by atoms with Gasteiger partial charge in [0, 0.05) is 12.3 Å². The Bertz CT molecular complexity index is 344. The standard InChI is InChI=1S/C12H16O2/c1-8-4-3-5-10(13)12-9(8)6-7-11(12,2)14-12/h4,9H,3,5-7H2,1-2H3/t9-,11+,12+/m0/s1. The van der Waals surface area contributed by atoms with Gasteiger partial charge in [0.25, 0.3) is 0 Å². The number of allylic oxidation sites excluding steroid dienone is 1. The molecule has 0 amide bonds. The molecule has 3 rings (SSSR count). The minimum atomic E-state index is -0.399. The first-order valence-corrected chi connectivity index (χ1v) is 5.50. The molecule has 14 heavy (non-hydrogen) atoms. The van der Waals surface area contributed by atoms with E-state index >= 15 is 0 Å². The van der Waals surface area contributed by atoms with Crippen molar-refractivity contribution in [2.24, 2.45) is 5.92 Å². The fraction of sp³-hybridized carbons (Fsp3) is 0.750. The maximum Gasteiger partial charge on any atom is 0.168 e. The van der Waals surface area contributed by atoms with E-state index in [0.717, 1.165) is 19.3 Å². The summed E-state index contributed by atoms with van der Waals surface area (Å²) in [6, 6.07) is 0. The highest BCUT2D eigenvalue weighted by Gasteiger charge is 2.77. The van der Waals surface area contributed by atoms with Gasteiger partial charge in [-0.05, 0) is 33.1 Å². The number of carbonyl (C=O) groups is 1. The van der Waals surface area contributed by atoms with Crippen LogP contribution in [0.4, 0.5) is 0 Å². The molecule has 76 valence electrons. The van der Waals surface area contributed by atoms with E-state index in [1.54, 1.807) is 0 Å². The largest absolute Gasteiger partial charge is 0.354 e. The van der Waals surface area contributed by atoms with Crippen LogP contribution in [0.15, 0.2) is 11.6 Å². The van der Waals surface area contributed by atoms with E-state index in [1.165, 1.54) is 5.57 Å². The smallest absolute Gasteiger partial charge is 0.168 e. The minimum absolute atomic E-state index is 0.117. The molecule has 2 fully saturated rings. The van der Waals surface area contributed by atoms with Gasteiger partial charge in [0.2, 0.25) is 0 Å². The summed E-state index contributed by atoms with van der Waals surface area (Å²) in [5, 5.41) is 0. The second-order valence-corrected chi connectivity index (χ2v) is 5.07. The lowest BCUT2D eigenvalue weighted by atomic mass is 9.83. The molecule has 0 bridgehead atoms. The summed E-state index contributed by atoms with van der Waals surface area (Å²) in [4.78, 5) is 12.1. The summed E-state index contributed by atoms with van der Waals surface area (Å²) in [5.41, 5.74) is 0.857. The third-order valence-corrected chi connectivity index (χ3v) is 4.33. The average Bonchev–Trinajstić information content (AvgIpc) is 2.67. The van der Waals surface area contributed by atoms with Gasteiger partial charge >= 0.3 is 0 Å². The molecule has 1 spiro atoms. The molecule has 2 nitrogen and oxygen atoms in total. The Hall–Kier alpha value is -0.630. The Morgan fingerprint density at radius 2 is 2.36 bits per heavy atom. The van der Waals surface area contributed by atoms with Crippen LogP contribution in [-0.4, -0.2) is 17.0 Å². The van der Waals surface area contributed by atoms with Crippen LogP contribution in [0.3, 0.4) is 0 Å². The minimum Gasteiger partial charge on any atom is -0.354 e. The second kappa shape index (κ2) is 2.30. The van der Waals surface area contributed by atoms with Crippen molar-refractivity contribution in [3.8, 4) is 0 Å². The predicted molar refractivity (Wildman–Crippen MR) is 52.9 cm³/mol. The molecule has 0 unspecified atom stereocenters. The molecular weight excluding hydrogens is 176 g/mol. The molecule has 2 heteroatoms. The van der Waals surface area contributed by atoms with Gasteiger partial charge in [-0.15, -0.1) is 0 Å². The van der Waals surface area contributed by atoms with Crippen LogP contribution in [0.2, 0.25) is 0 Å². The first kappa shape index (κ1) is 8.66. The van der Waals surface area contributed by atoms with Crippen LogP contribution in [0.25, 0.3) is 0 Å². The molecule has 1 saturated heterocycles. The SMILES string of the molecule is CC1=CCCC(=O)[C@@]23O[C@]2(C)CC[C@@H]13. The summed E-state index contributed by atoms with van der Waals surface area (Å²) in [7, 11) is 0. The lowest BCUT2D eigenvalue weighted by Crippen LogP contribution is -2.34. The topological polar surface area (TPSA) is 29.6 Å². The second-order valence-electron chi connectivity index (χ2n) is 5.07. The Morgan fingerprint density at radius 3 is 3.07 bits per heavy atom. The number of hydrogen-bond acceptors (Lipinski definition) is 2. The Balaban J connectivity index is 2.08. The highest BCUT2D eigenvalue weighted by atomic mass is 16.6. The van der Waals surface area contributed by atoms with Crippen LogP contribution >= 0.6 is 0 Å². The van der Waals surface area contributed by atoms with Crippen molar-refractivity contribution in [3.05, 3.63) is 11.6 Å². The summed E-state index contributed by atoms with van der Waals surface area (Å²) in [5.74, 6) is 0.720. The molecule has 1 heterocycles. The van der Waals surface area contributed by atoms with Gasteiger partial charge in [-0.2, -0.15) is 0 Å². The number of Topliss-reactive ketones (excluding diaryl/α,β-unsaturated/α-hetero) is 1.